The maximum absolute atomic E-state index is 11.8. The SMILES string of the molecule is C[C@H](N)C(=O)Nc1ccccc1-c1nc2ccccc2s1. The molecule has 0 saturated carbocycles. The average molecular weight is 297 g/mol. The van der Waals surface area contributed by atoms with Crippen LogP contribution in [0.1, 0.15) is 6.92 Å². The van der Waals surface area contributed by atoms with E-state index in [1.165, 1.54) is 0 Å². The number of rotatable bonds is 3. The van der Waals surface area contributed by atoms with Gasteiger partial charge in [-0.2, -0.15) is 0 Å². The van der Waals surface area contributed by atoms with Crippen molar-refractivity contribution >= 4 is 33.1 Å². The molecule has 5 heteroatoms. The molecular weight excluding hydrogens is 282 g/mol. The number of thiazole rings is 1. The molecule has 0 saturated heterocycles. The Bertz CT molecular complexity index is 762. The number of anilines is 1. The van der Waals surface area contributed by atoms with Crippen LogP contribution in [0.5, 0.6) is 0 Å². The number of amides is 1. The second kappa shape index (κ2) is 5.63. The number of para-hydroxylation sites is 2. The highest BCUT2D eigenvalue weighted by molar-refractivity contribution is 7.21. The summed E-state index contributed by atoms with van der Waals surface area (Å²) in [5.74, 6) is -0.205. The van der Waals surface area contributed by atoms with Gasteiger partial charge in [0.2, 0.25) is 5.91 Å². The minimum Gasteiger partial charge on any atom is -0.324 e. The molecule has 0 fully saturated rings. The fourth-order valence-electron chi connectivity index (χ4n) is 2.01. The first-order valence-corrected chi connectivity index (χ1v) is 7.48. The highest BCUT2D eigenvalue weighted by atomic mass is 32.1. The molecule has 0 aliphatic carbocycles. The number of nitrogens with one attached hydrogen (secondary N) is 1. The van der Waals surface area contributed by atoms with Crippen molar-refractivity contribution < 1.29 is 4.79 Å². The molecule has 3 aromatic rings. The molecule has 1 heterocycles. The molecule has 3 rings (SSSR count). The molecule has 3 N–H and O–H groups in total. The van der Waals surface area contributed by atoms with Crippen LogP contribution in [-0.4, -0.2) is 16.9 Å². The number of aromatic nitrogens is 1. The zero-order valence-electron chi connectivity index (χ0n) is 11.5. The van der Waals surface area contributed by atoms with Gasteiger partial charge in [-0.05, 0) is 31.2 Å². The summed E-state index contributed by atoms with van der Waals surface area (Å²) in [6.07, 6.45) is 0. The Labute approximate surface area is 126 Å². The lowest BCUT2D eigenvalue weighted by Gasteiger charge is -2.10. The molecule has 1 amide bonds. The molecule has 2 aromatic carbocycles. The van der Waals surface area contributed by atoms with Gasteiger partial charge in [-0.15, -0.1) is 11.3 Å². The van der Waals surface area contributed by atoms with Gasteiger partial charge in [0.25, 0.3) is 0 Å². The van der Waals surface area contributed by atoms with Crippen molar-refractivity contribution in [3.05, 3.63) is 48.5 Å². The summed E-state index contributed by atoms with van der Waals surface area (Å²) in [6.45, 7) is 1.66. The van der Waals surface area contributed by atoms with Crippen LogP contribution in [0.15, 0.2) is 48.5 Å². The lowest BCUT2D eigenvalue weighted by molar-refractivity contribution is -0.117. The number of fused-ring (bicyclic) bond motifs is 1. The van der Waals surface area contributed by atoms with Gasteiger partial charge in [0.05, 0.1) is 21.9 Å². The zero-order chi connectivity index (χ0) is 14.8. The van der Waals surface area contributed by atoms with Gasteiger partial charge >= 0.3 is 0 Å². The molecule has 106 valence electrons. The minimum atomic E-state index is -0.548. The summed E-state index contributed by atoms with van der Waals surface area (Å²) in [4.78, 5) is 16.4. The lowest BCUT2D eigenvalue weighted by atomic mass is 10.1. The first-order chi connectivity index (χ1) is 10.1. The third kappa shape index (κ3) is 2.79. The average Bonchev–Trinajstić information content (AvgIpc) is 2.91. The van der Waals surface area contributed by atoms with E-state index in [4.69, 9.17) is 5.73 Å². The summed E-state index contributed by atoms with van der Waals surface area (Å²) < 4.78 is 1.13. The second-order valence-electron chi connectivity index (χ2n) is 4.81. The molecule has 21 heavy (non-hydrogen) atoms. The Morgan fingerprint density at radius 2 is 1.90 bits per heavy atom. The molecule has 1 atom stereocenters. The van der Waals surface area contributed by atoms with E-state index in [1.807, 2.05) is 48.5 Å². The smallest absolute Gasteiger partial charge is 0.241 e. The number of hydrogen-bond donors (Lipinski definition) is 2. The topological polar surface area (TPSA) is 68.0 Å². The van der Waals surface area contributed by atoms with E-state index in [0.29, 0.717) is 0 Å². The van der Waals surface area contributed by atoms with Crippen LogP contribution in [-0.2, 0) is 4.79 Å². The van der Waals surface area contributed by atoms with Gasteiger partial charge in [-0.25, -0.2) is 4.98 Å². The molecule has 1 aromatic heterocycles. The summed E-state index contributed by atoms with van der Waals surface area (Å²) in [6, 6.07) is 15.1. The highest BCUT2D eigenvalue weighted by Crippen LogP contribution is 2.34. The van der Waals surface area contributed by atoms with E-state index in [0.717, 1.165) is 26.5 Å². The van der Waals surface area contributed by atoms with E-state index in [1.54, 1.807) is 18.3 Å². The zero-order valence-corrected chi connectivity index (χ0v) is 12.4. The Morgan fingerprint density at radius 1 is 1.19 bits per heavy atom. The summed E-state index contributed by atoms with van der Waals surface area (Å²) in [7, 11) is 0. The van der Waals surface area contributed by atoms with E-state index < -0.39 is 6.04 Å². The Kier molecular flexibility index (Phi) is 3.68. The highest BCUT2D eigenvalue weighted by Gasteiger charge is 2.13. The van der Waals surface area contributed by atoms with E-state index in [9.17, 15) is 4.79 Å². The quantitative estimate of drug-likeness (QED) is 0.779. The number of carbonyl (C=O) groups excluding carboxylic acids is 1. The fourth-order valence-corrected chi connectivity index (χ4v) is 3.02. The lowest BCUT2D eigenvalue weighted by Crippen LogP contribution is -2.32. The van der Waals surface area contributed by atoms with Gasteiger partial charge in [0.15, 0.2) is 0 Å². The van der Waals surface area contributed by atoms with E-state index in [-0.39, 0.29) is 5.91 Å². The van der Waals surface area contributed by atoms with Crippen molar-refractivity contribution in [2.45, 2.75) is 13.0 Å². The predicted molar refractivity (Wildman–Crippen MR) is 87.3 cm³/mol. The van der Waals surface area contributed by atoms with Crippen molar-refractivity contribution in [3.8, 4) is 10.6 Å². The Morgan fingerprint density at radius 3 is 2.67 bits per heavy atom. The van der Waals surface area contributed by atoms with Gasteiger partial charge in [-0.1, -0.05) is 24.3 Å². The van der Waals surface area contributed by atoms with Crippen molar-refractivity contribution in [3.63, 3.8) is 0 Å². The van der Waals surface area contributed by atoms with Crippen LogP contribution < -0.4 is 11.1 Å². The maximum Gasteiger partial charge on any atom is 0.241 e. The summed E-state index contributed by atoms with van der Waals surface area (Å²) in [5, 5.41) is 3.74. The van der Waals surface area contributed by atoms with Crippen molar-refractivity contribution in [2.24, 2.45) is 5.73 Å². The van der Waals surface area contributed by atoms with E-state index >= 15 is 0 Å². The monoisotopic (exact) mass is 297 g/mol. The molecular formula is C16H15N3OS. The first-order valence-electron chi connectivity index (χ1n) is 6.66. The largest absolute Gasteiger partial charge is 0.324 e. The van der Waals surface area contributed by atoms with Crippen LogP contribution in [0.2, 0.25) is 0 Å². The summed E-state index contributed by atoms with van der Waals surface area (Å²) >= 11 is 1.61. The molecule has 0 radical (unpaired) electrons. The fraction of sp³-hybridized carbons (Fsp3) is 0.125. The number of hydrogen-bond acceptors (Lipinski definition) is 4. The maximum atomic E-state index is 11.8. The molecule has 0 unspecified atom stereocenters. The minimum absolute atomic E-state index is 0.205. The summed E-state index contributed by atoms with van der Waals surface area (Å²) in [5.41, 5.74) is 8.22. The van der Waals surface area contributed by atoms with Crippen LogP contribution >= 0.6 is 11.3 Å². The molecule has 0 spiro atoms. The predicted octanol–water partition coefficient (Wildman–Crippen LogP) is 3.25. The normalized spacial score (nSPS) is 12.3. The van der Waals surface area contributed by atoms with Crippen LogP contribution in [0.25, 0.3) is 20.8 Å². The van der Waals surface area contributed by atoms with E-state index in [2.05, 4.69) is 10.3 Å². The Balaban J connectivity index is 2.03. The molecule has 0 aliphatic heterocycles. The van der Waals surface area contributed by atoms with Gasteiger partial charge in [-0.3, -0.25) is 4.79 Å². The van der Waals surface area contributed by atoms with Crippen LogP contribution in [0.3, 0.4) is 0 Å². The van der Waals surface area contributed by atoms with Crippen molar-refractivity contribution in [2.75, 3.05) is 5.32 Å². The Hall–Kier alpha value is -2.24. The van der Waals surface area contributed by atoms with Crippen molar-refractivity contribution in [1.29, 1.82) is 0 Å². The third-order valence-electron chi connectivity index (χ3n) is 3.12. The molecule has 0 bridgehead atoms. The third-order valence-corrected chi connectivity index (χ3v) is 4.19. The standard InChI is InChI=1S/C16H15N3OS/c1-10(17)15(20)18-12-7-3-2-6-11(12)16-19-13-8-4-5-9-14(13)21-16/h2-10H,17H2,1H3,(H,18,20)/t10-/m0/s1. The van der Waals surface area contributed by atoms with Crippen LogP contribution in [0, 0.1) is 0 Å². The molecule has 4 nitrogen and oxygen atoms in total. The number of carbonyl (C=O) groups is 1. The number of nitrogens with zero attached hydrogens (tertiary/aromatic N) is 1. The van der Waals surface area contributed by atoms with Crippen molar-refractivity contribution in [1.82, 2.24) is 4.98 Å². The second-order valence-corrected chi connectivity index (χ2v) is 5.84. The van der Waals surface area contributed by atoms with Gasteiger partial charge < -0.3 is 11.1 Å². The number of benzene rings is 2. The first kappa shape index (κ1) is 13.7. The van der Waals surface area contributed by atoms with Gasteiger partial charge in [0.1, 0.15) is 5.01 Å². The van der Waals surface area contributed by atoms with Gasteiger partial charge in [0, 0.05) is 5.56 Å². The number of nitrogens with two attached hydrogens (primary N) is 1. The van der Waals surface area contributed by atoms with Crippen LogP contribution in [0.4, 0.5) is 5.69 Å². The molecule has 0 aliphatic rings.